The Balaban J connectivity index is 1.96. The summed E-state index contributed by atoms with van der Waals surface area (Å²) in [5.74, 6) is 0.537. The smallest absolute Gasteiger partial charge is 0.0916 e. The van der Waals surface area contributed by atoms with Crippen molar-refractivity contribution in [2.45, 2.75) is 45.3 Å². The highest BCUT2D eigenvalue weighted by atomic mass is 16.3. The summed E-state index contributed by atoms with van der Waals surface area (Å²) in [7, 11) is 2.18. The largest absolute Gasteiger partial charge is 0.387 e. The van der Waals surface area contributed by atoms with E-state index < -0.39 is 6.10 Å². The average Bonchev–Trinajstić information content (AvgIpc) is 2.42. The maximum atomic E-state index is 10.5. The SMILES string of the molecule is CC(C)c1ccc(C(O)CN2CCN(C)C(C)(C)C2)cc1. The minimum absolute atomic E-state index is 0.180. The molecule has 0 aromatic heterocycles. The van der Waals surface area contributed by atoms with Gasteiger partial charge in [-0.25, -0.2) is 0 Å². The molecule has 1 fully saturated rings. The molecule has 0 saturated carbocycles. The lowest BCUT2D eigenvalue weighted by molar-refractivity contribution is 0.0142. The highest BCUT2D eigenvalue weighted by Crippen LogP contribution is 2.23. The maximum Gasteiger partial charge on any atom is 0.0916 e. The van der Waals surface area contributed by atoms with Crippen molar-refractivity contribution in [2.24, 2.45) is 0 Å². The number of aliphatic hydroxyl groups is 1. The first-order valence-electron chi connectivity index (χ1n) is 8.01. The Hall–Kier alpha value is -0.900. The molecule has 1 aliphatic rings. The van der Waals surface area contributed by atoms with Crippen LogP contribution in [-0.4, -0.2) is 53.7 Å². The van der Waals surface area contributed by atoms with E-state index in [1.807, 2.05) is 0 Å². The molecule has 1 unspecified atom stereocenters. The molecule has 2 rings (SSSR count). The number of hydrogen-bond donors (Lipinski definition) is 1. The Morgan fingerprint density at radius 2 is 1.67 bits per heavy atom. The Bertz CT molecular complexity index is 453. The van der Waals surface area contributed by atoms with Crippen molar-refractivity contribution in [2.75, 3.05) is 33.2 Å². The lowest BCUT2D eigenvalue weighted by Gasteiger charge is -2.45. The quantitative estimate of drug-likeness (QED) is 0.923. The van der Waals surface area contributed by atoms with Gasteiger partial charge >= 0.3 is 0 Å². The third kappa shape index (κ3) is 4.06. The van der Waals surface area contributed by atoms with Crippen LogP contribution in [0.5, 0.6) is 0 Å². The van der Waals surface area contributed by atoms with Gasteiger partial charge < -0.3 is 5.11 Å². The van der Waals surface area contributed by atoms with Gasteiger partial charge in [0.1, 0.15) is 0 Å². The molecule has 0 radical (unpaired) electrons. The lowest BCUT2D eigenvalue weighted by Crippen LogP contribution is -2.58. The van der Waals surface area contributed by atoms with Crippen LogP contribution in [0.15, 0.2) is 24.3 Å². The summed E-state index contributed by atoms with van der Waals surface area (Å²) in [6.07, 6.45) is -0.398. The summed E-state index contributed by atoms with van der Waals surface area (Å²) in [4.78, 5) is 4.77. The topological polar surface area (TPSA) is 26.7 Å². The molecule has 1 atom stereocenters. The Kier molecular flexibility index (Phi) is 5.07. The average molecular weight is 290 g/mol. The van der Waals surface area contributed by atoms with Crippen LogP contribution in [0.2, 0.25) is 0 Å². The zero-order valence-electron chi connectivity index (χ0n) is 14.1. The third-order valence-corrected chi connectivity index (χ3v) is 4.81. The van der Waals surface area contributed by atoms with Gasteiger partial charge in [0.05, 0.1) is 6.10 Å². The van der Waals surface area contributed by atoms with Gasteiger partial charge in [-0.2, -0.15) is 0 Å². The summed E-state index contributed by atoms with van der Waals surface area (Å²) < 4.78 is 0. The van der Waals surface area contributed by atoms with E-state index >= 15 is 0 Å². The van der Waals surface area contributed by atoms with E-state index in [1.54, 1.807) is 0 Å². The fourth-order valence-electron chi connectivity index (χ4n) is 2.95. The van der Waals surface area contributed by atoms with Crippen LogP contribution < -0.4 is 0 Å². The Morgan fingerprint density at radius 1 is 1.10 bits per heavy atom. The van der Waals surface area contributed by atoms with Gasteiger partial charge in [0, 0.05) is 31.7 Å². The monoisotopic (exact) mass is 290 g/mol. The standard InChI is InChI=1S/C18H30N2O/c1-14(2)15-6-8-16(9-7-15)17(21)12-20-11-10-19(5)18(3,4)13-20/h6-9,14,17,21H,10-13H2,1-5H3. The summed E-state index contributed by atoms with van der Waals surface area (Å²) in [6, 6.07) is 8.41. The molecular weight excluding hydrogens is 260 g/mol. The minimum atomic E-state index is -0.398. The molecule has 3 heteroatoms. The van der Waals surface area contributed by atoms with Gasteiger partial charge in [-0.1, -0.05) is 38.1 Å². The van der Waals surface area contributed by atoms with E-state index in [1.165, 1.54) is 5.56 Å². The van der Waals surface area contributed by atoms with Crippen LogP contribution in [0, 0.1) is 0 Å². The summed E-state index contributed by atoms with van der Waals surface area (Å²) >= 11 is 0. The van der Waals surface area contributed by atoms with E-state index in [4.69, 9.17) is 0 Å². The molecule has 1 saturated heterocycles. The number of benzene rings is 1. The van der Waals surface area contributed by atoms with Gasteiger partial charge in [-0.05, 0) is 37.9 Å². The summed E-state index contributed by atoms with van der Waals surface area (Å²) in [5, 5.41) is 10.5. The number of aliphatic hydroxyl groups excluding tert-OH is 1. The minimum Gasteiger partial charge on any atom is -0.387 e. The number of rotatable bonds is 4. The Morgan fingerprint density at radius 3 is 2.19 bits per heavy atom. The van der Waals surface area contributed by atoms with Crippen molar-refractivity contribution in [3.8, 4) is 0 Å². The summed E-state index contributed by atoms with van der Waals surface area (Å²) in [6.45, 7) is 12.7. The molecule has 1 aromatic rings. The molecule has 0 bridgehead atoms. The second-order valence-electron chi connectivity index (χ2n) is 7.31. The molecule has 1 aromatic carbocycles. The third-order valence-electron chi connectivity index (χ3n) is 4.81. The second-order valence-corrected chi connectivity index (χ2v) is 7.31. The van der Waals surface area contributed by atoms with Crippen LogP contribution in [0.3, 0.4) is 0 Å². The highest BCUT2D eigenvalue weighted by Gasteiger charge is 2.31. The molecule has 0 amide bonds. The zero-order chi connectivity index (χ0) is 15.6. The predicted octanol–water partition coefficient (Wildman–Crippen LogP) is 2.87. The molecule has 3 nitrogen and oxygen atoms in total. The van der Waals surface area contributed by atoms with Gasteiger partial charge in [-0.15, -0.1) is 0 Å². The lowest BCUT2D eigenvalue weighted by atomic mass is 9.97. The molecule has 0 aliphatic carbocycles. The van der Waals surface area contributed by atoms with Gasteiger partial charge in [0.2, 0.25) is 0 Å². The maximum absolute atomic E-state index is 10.5. The van der Waals surface area contributed by atoms with Crippen molar-refractivity contribution < 1.29 is 5.11 Å². The molecule has 1 heterocycles. The number of β-amino-alcohol motifs (C(OH)–C–C–N with tert-alkyl or cyclic N) is 1. The van der Waals surface area contributed by atoms with Crippen LogP contribution in [-0.2, 0) is 0 Å². The van der Waals surface area contributed by atoms with E-state index in [-0.39, 0.29) is 5.54 Å². The first-order chi connectivity index (χ1) is 9.79. The number of hydrogen-bond acceptors (Lipinski definition) is 3. The number of piperazine rings is 1. The van der Waals surface area contributed by atoms with E-state index in [0.717, 1.165) is 31.7 Å². The summed E-state index contributed by atoms with van der Waals surface area (Å²) in [5.41, 5.74) is 2.53. The first-order valence-corrected chi connectivity index (χ1v) is 8.01. The molecule has 1 N–H and O–H groups in total. The van der Waals surface area contributed by atoms with Gasteiger partial charge in [0.15, 0.2) is 0 Å². The van der Waals surface area contributed by atoms with Crippen LogP contribution in [0.25, 0.3) is 0 Å². The van der Waals surface area contributed by atoms with Crippen molar-refractivity contribution in [3.05, 3.63) is 35.4 Å². The molecule has 21 heavy (non-hydrogen) atoms. The van der Waals surface area contributed by atoms with Crippen LogP contribution in [0.1, 0.15) is 50.8 Å². The molecule has 0 spiro atoms. The van der Waals surface area contributed by atoms with Crippen molar-refractivity contribution in [1.29, 1.82) is 0 Å². The van der Waals surface area contributed by atoms with Crippen LogP contribution in [0.4, 0.5) is 0 Å². The predicted molar refractivity (Wildman–Crippen MR) is 88.6 cm³/mol. The second kappa shape index (κ2) is 6.47. The van der Waals surface area contributed by atoms with Gasteiger partial charge in [-0.3, -0.25) is 9.80 Å². The number of nitrogens with zero attached hydrogens (tertiary/aromatic N) is 2. The van der Waals surface area contributed by atoms with E-state index in [9.17, 15) is 5.11 Å². The molecular formula is C18H30N2O. The molecule has 118 valence electrons. The van der Waals surface area contributed by atoms with Gasteiger partial charge in [0.25, 0.3) is 0 Å². The van der Waals surface area contributed by atoms with Crippen LogP contribution >= 0.6 is 0 Å². The fraction of sp³-hybridized carbons (Fsp3) is 0.667. The fourth-order valence-corrected chi connectivity index (χ4v) is 2.95. The first kappa shape index (κ1) is 16.5. The Labute approximate surface area is 129 Å². The molecule has 1 aliphatic heterocycles. The zero-order valence-corrected chi connectivity index (χ0v) is 14.1. The van der Waals surface area contributed by atoms with E-state index in [2.05, 4.69) is 68.8 Å². The van der Waals surface area contributed by atoms with Crippen molar-refractivity contribution in [3.63, 3.8) is 0 Å². The van der Waals surface area contributed by atoms with Crippen molar-refractivity contribution in [1.82, 2.24) is 9.80 Å². The van der Waals surface area contributed by atoms with E-state index in [0.29, 0.717) is 5.92 Å². The highest BCUT2D eigenvalue weighted by molar-refractivity contribution is 5.26. The normalized spacial score (nSPS) is 21.7. The van der Waals surface area contributed by atoms with Crippen molar-refractivity contribution >= 4 is 0 Å². The number of likely N-dealkylation sites (N-methyl/N-ethyl adjacent to an activating group) is 1.